The molecule has 0 spiro atoms. The Labute approximate surface area is 144 Å². The lowest BCUT2D eigenvalue weighted by atomic mass is 10.2. The van der Waals surface area contributed by atoms with Crippen molar-refractivity contribution < 1.29 is 23.5 Å². The van der Waals surface area contributed by atoms with E-state index in [1.54, 1.807) is 54.6 Å². The number of carbonyl (C=O) groups excluding carboxylic acids is 2. The molecule has 2 aromatic carbocycles. The minimum absolute atomic E-state index is 0.0288. The first kappa shape index (κ1) is 16.5. The predicted molar refractivity (Wildman–Crippen MR) is 89.8 cm³/mol. The van der Waals surface area contributed by atoms with Crippen molar-refractivity contribution >= 4 is 11.9 Å². The van der Waals surface area contributed by atoms with Gasteiger partial charge in [0.1, 0.15) is 19.0 Å². The van der Waals surface area contributed by atoms with Crippen molar-refractivity contribution in [3.63, 3.8) is 0 Å². The molecule has 0 radical (unpaired) electrons. The van der Waals surface area contributed by atoms with Crippen LogP contribution in [0.5, 0.6) is 0 Å². The van der Waals surface area contributed by atoms with Gasteiger partial charge in [-0.25, -0.2) is 9.59 Å². The minimum Gasteiger partial charge on any atom is -0.465 e. The summed E-state index contributed by atoms with van der Waals surface area (Å²) in [6.45, 7) is 0.0153. The standard InChI is InChI=1S/C20H16O5/c21-19(15-7-3-1-4-8-15)24-13-17-11-12-23-18(17)14-25-20(22)16-9-5-2-6-10-16/h1-12H,13-14H2. The maximum absolute atomic E-state index is 12.0. The van der Waals surface area contributed by atoms with E-state index in [2.05, 4.69) is 0 Å². The van der Waals surface area contributed by atoms with Gasteiger partial charge in [0.15, 0.2) is 0 Å². The van der Waals surface area contributed by atoms with E-state index in [9.17, 15) is 9.59 Å². The fourth-order valence-electron chi connectivity index (χ4n) is 2.21. The van der Waals surface area contributed by atoms with Crippen LogP contribution in [0.4, 0.5) is 0 Å². The van der Waals surface area contributed by atoms with Gasteiger partial charge in [-0.15, -0.1) is 0 Å². The van der Waals surface area contributed by atoms with Gasteiger partial charge in [-0.3, -0.25) is 0 Å². The summed E-state index contributed by atoms with van der Waals surface area (Å²) in [4.78, 5) is 23.9. The lowest BCUT2D eigenvalue weighted by Gasteiger charge is -2.06. The minimum atomic E-state index is -0.441. The highest BCUT2D eigenvalue weighted by Gasteiger charge is 2.13. The smallest absolute Gasteiger partial charge is 0.338 e. The first-order chi connectivity index (χ1) is 12.2. The third-order valence-corrected chi connectivity index (χ3v) is 3.55. The highest BCUT2D eigenvalue weighted by molar-refractivity contribution is 5.89. The zero-order valence-corrected chi connectivity index (χ0v) is 13.4. The molecular weight excluding hydrogens is 320 g/mol. The molecule has 1 aromatic heterocycles. The van der Waals surface area contributed by atoms with Gasteiger partial charge in [-0.2, -0.15) is 0 Å². The van der Waals surface area contributed by atoms with E-state index >= 15 is 0 Å². The molecule has 0 aliphatic rings. The van der Waals surface area contributed by atoms with Crippen LogP contribution in [-0.4, -0.2) is 11.9 Å². The first-order valence-electron chi connectivity index (χ1n) is 7.73. The van der Waals surface area contributed by atoms with Crippen LogP contribution in [0.15, 0.2) is 77.4 Å². The fourth-order valence-corrected chi connectivity index (χ4v) is 2.21. The fraction of sp³-hybridized carbons (Fsp3) is 0.100. The second-order valence-corrected chi connectivity index (χ2v) is 5.25. The Kier molecular flexibility index (Phi) is 5.26. The van der Waals surface area contributed by atoms with Gasteiger partial charge >= 0.3 is 11.9 Å². The summed E-state index contributed by atoms with van der Waals surface area (Å²) in [5, 5.41) is 0. The molecule has 0 bridgehead atoms. The lowest BCUT2D eigenvalue weighted by Crippen LogP contribution is -2.08. The highest BCUT2D eigenvalue weighted by Crippen LogP contribution is 2.15. The SMILES string of the molecule is O=C(OCc1ccoc1COC(=O)c1ccccc1)c1ccccc1. The molecule has 25 heavy (non-hydrogen) atoms. The summed E-state index contributed by atoms with van der Waals surface area (Å²) in [5.74, 6) is -0.414. The second-order valence-electron chi connectivity index (χ2n) is 5.25. The predicted octanol–water partition coefficient (Wildman–Crippen LogP) is 3.99. The molecule has 3 rings (SSSR count). The molecule has 0 saturated carbocycles. The highest BCUT2D eigenvalue weighted by atomic mass is 16.5. The molecule has 126 valence electrons. The van der Waals surface area contributed by atoms with Crippen LogP contribution in [0.25, 0.3) is 0 Å². The Morgan fingerprint density at radius 1 is 0.720 bits per heavy atom. The van der Waals surface area contributed by atoms with E-state index in [0.29, 0.717) is 22.5 Å². The summed E-state index contributed by atoms with van der Waals surface area (Å²) in [5.41, 5.74) is 1.60. The van der Waals surface area contributed by atoms with Crippen LogP contribution >= 0.6 is 0 Å². The Hall–Kier alpha value is -3.34. The van der Waals surface area contributed by atoms with E-state index < -0.39 is 11.9 Å². The van der Waals surface area contributed by atoms with Gasteiger partial charge in [0.25, 0.3) is 0 Å². The Morgan fingerprint density at radius 3 is 1.80 bits per heavy atom. The number of carbonyl (C=O) groups is 2. The number of furan rings is 1. The number of ether oxygens (including phenoxy) is 2. The van der Waals surface area contributed by atoms with Crippen molar-refractivity contribution in [2.24, 2.45) is 0 Å². The van der Waals surface area contributed by atoms with Crippen molar-refractivity contribution in [1.82, 2.24) is 0 Å². The molecule has 3 aromatic rings. The van der Waals surface area contributed by atoms with Crippen molar-refractivity contribution in [1.29, 1.82) is 0 Å². The maximum Gasteiger partial charge on any atom is 0.338 e. The molecule has 0 fully saturated rings. The molecular formula is C20H16O5. The van der Waals surface area contributed by atoms with Gasteiger partial charge in [-0.05, 0) is 30.3 Å². The summed E-state index contributed by atoms with van der Waals surface area (Å²) in [7, 11) is 0. The summed E-state index contributed by atoms with van der Waals surface area (Å²) in [6.07, 6.45) is 1.47. The summed E-state index contributed by atoms with van der Waals surface area (Å²) in [6, 6.07) is 19.1. The van der Waals surface area contributed by atoms with Crippen LogP contribution in [0, 0.1) is 0 Å². The third kappa shape index (κ3) is 4.35. The number of hydrogen-bond acceptors (Lipinski definition) is 5. The molecule has 0 saturated heterocycles. The molecule has 0 aliphatic heterocycles. The Balaban J connectivity index is 1.56. The van der Waals surface area contributed by atoms with E-state index in [4.69, 9.17) is 13.9 Å². The van der Waals surface area contributed by atoms with Gasteiger partial charge in [0.05, 0.1) is 17.4 Å². The number of rotatable bonds is 6. The number of esters is 2. The number of benzene rings is 2. The molecule has 0 unspecified atom stereocenters. The van der Waals surface area contributed by atoms with Crippen LogP contribution in [0.1, 0.15) is 32.0 Å². The monoisotopic (exact) mass is 336 g/mol. The van der Waals surface area contributed by atoms with Crippen molar-refractivity contribution in [2.45, 2.75) is 13.2 Å². The average molecular weight is 336 g/mol. The Morgan fingerprint density at radius 2 is 1.24 bits per heavy atom. The zero-order chi connectivity index (χ0) is 17.5. The van der Waals surface area contributed by atoms with Crippen molar-refractivity contribution in [3.8, 4) is 0 Å². The normalized spacial score (nSPS) is 10.2. The van der Waals surface area contributed by atoms with Gasteiger partial charge in [0.2, 0.25) is 0 Å². The number of hydrogen-bond donors (Lipinski definition) is 0. The molecule has 5 heteroatoms. The van der Waals surface area contributed by atoms with E-state index in [-0.39, 0.29) is 13.2 Å². The van der Waals surface area contributed by atoms with Gasteiger partial charge in [-0.1, -0.05) is 36.4 Å². The van der Waals surface area contributed by atoms with Crippen LogP contribution in [-0.2, 0) is 22.7 Å². The lowest BCUT2D eigenvalue weighted by molar-refractivity contribution is 0.0413. The summed E-state index contributed by atoms with van der Waals surface area (Å²) < 4.78 is 15.8. The van der Waals surface area contributed by atoms with Gasteiger partial charge in [0, 0.05) is 5.56 Å². The summed E-state index contributed by atoms with van der Waals surface area (Å²) >= 11 is 0. The average Bonchev–Trinajstić information content (AvgIpc) is 3.13. The third-order valence-electron chi connectivity index (χ3n) is 3.55. The topological polar surface area (TPSA) is 65.7 Å². The van der Waals surface area contributed by atoms with Crippen LogP contribution in [0.2, 0.25) is 0 Å². The molecule has 5 nitrogen and oxygen atoms in total. The second kappa shape index (κ2) is 7.97. The first-order valence-corrected chi connectivity index (χ1v) is 7.73. The largest absolute Gasteiger partial charge is 0.465 e. The Bertz CT molecular complexity index is 767. The van der Waals surface area contributed by atoms with Gasteiger partial charge < -0.3 is 13.9 Å². The zero-order valence-electron chi connectivity index (χ0n) is 13.4. The molecule has 0 aliphatic carbocycles. The van der Waals surface area contributed by atoms with E-state index in [0.717, 1.165) is 0 Å². The van der Waals surface area contributed by atoms with Crippen molar-refractivity contribution in [3.05, 3.63) is 95.4 Å². The molecule has 0 N–H and O–H groups in total. The molecule has 0 atom stereocenters. The van der Waals surface area contributed by atoms with Crippen molar-refractivity contribution in [2.75, 3.05) is 0 Å². The maximum atomic E-state index is 12.0. The molecule has 1 heterocycles. The molecule has 0 amide bonds. The van der Waals surface area contributed by atoms with E-state index in [1.807, 2.05) is 12.1 Å². The van der Waals surface area contributed by atoms with E-state index in [1.165, 1.54) is 6.26 Å². The quantitative estimate of drug-likeness (QED) is 0.637. The van der Waals surface area contributed by atoms with Crippen LogP contribution in [0.3, 0.4) is 0 Å². The van der Waals surface area contributed by atoms with Crippen LogP contribution < -0.4 is 0 Å².